The monoisotopic (exact) mass is 332 g/mol. The van der Waals surface area contributed by atoms with E-state index in [1.807, 2.05) is 0 Å². The highest BCUT2D eigenvalue weighted by molar-refractivity contribution is 5.82. The zero-order valence-corrected chi connectivity index (χ0v) is 12.9. The Hall–Kier alpha value is -1.80. The van der Waals surface area contributed by atoms with Crippen molar-refractivity contribution >= 4 is 5.91 Å². The summed E-state index contributed by atoms with van der Waals surface area (Å²) in [6.07, 6.45) is -5.06. The third-order valence-corrected chi connectivity index (χ3v) is 3.56. The van der Waals surface area contributed by atoms with E-state index in [0.29, 0.717) is 13.2 Å². The number of morpholine rings is 1. The average Bonchev–Trinajstić information content (AvgIpc) is 2.47. The van der Waals surface area contributed by atoms with Crippen molar-refractivity contribution in [1.82, 2.24) is 10.2 Å². The summed E-state index contributed by atoms with van der Waals surface area (Å²) in [6, 6.07) is 5.27. The fourth-order valence-corrected chi connectivity index (χ4v) is 2.44. The molecule has 1 aromatic carbocycles. The molecule has 0 spiro atoms. The van der Waals surface area contributed by atoms with Gasteiger partial charge in [-0.3, -0.25) is 4.79 Å². The van der Waals surface area contributed by atoms with Gasteiger partial charge in [0.2, 0.25) is 5.91 Å². The number of hydrogen-bond acceptors (Lipinski definition) is 4. The van der Waals surface area contributed by atoms with Gasteiger partial charge >= 0.3 is 6.36 Å². The van der Waals surface area contributed by atoms with Crippen molar-refractivity contribution in [3.8, 4) is 5.75 Å². The SMILES string of the molecule is C[C@H]1OCCN[C@@H]1C(=O)N(C)Cc1ccccc1OC(F)(F)F. The summed E-state index contributed by atoms with van der Waals surface area (Å²) in [7, 11) is 1.54. The summed E-state index contributed by atoms with van der Waals surface area (Å²) in [5, 5.41) is 3.06. The minimum absolute atomic E-state index is 0.00991. The number of carbonyl (C=O) groups excluding carboxylic acids is 1. The standard InChI is InChI=1S/C15H19F3N2O3/c1-10-13(19-7-8-22-10)14(21)20(2)9-11-5-3-4-6-12(11)23-15(16,17)18/h3-6,10,13,19H,7-9H2,1-2H3/t10-,13+/m1/s1. The summed E-state index contributed by atoms with van der Waals surface area (Å²) in [5.41, 5.74) is 0.282. The molecule has 0 aliphatic carbocycles. The van der Waals surface area contributed by atoms with E-state index in [9.17, 15) is 18.0 Å². The Morgan fingerprint density at radius 2 is 2.13 bits per heavy atom. The molecule has 0 unspecified atom stereocenters. The topological polar surface area (TPSA) is 50.8 Å². The second-order valence-corrected chi connectivity index (χ2v) is 5.36. The summed E-state index contributed by atoms with van der Waals surface area (Å²) in [6.45, 7) is 2.87. The van der Waals surface area contributed by atoms with Crippen LogP contribution in [0.2, 0.25) is 0 Å². The Bertz CT molecular complexity index is 551. The number of nitrogens with one attached hydrogen (secondary N) is 1. The van der Waals surface area contributed by atoms with Crippen LogP contribution in [0.15, 0.2) is 24.3 Å². The molecule has 1 aliphatic rings. The van der Waals surface area contributed by atoms with E-state index >= 15 is 0 Å². The van der Waals surface area contributed by atoms with Crippen LogP contribution in [0.1, 0.15) is 12.5 Å². The highest BCUT2D eigenvalue weighted by Crippen LogP contribution is 2.27. The number of carbonyl (C=O) groups is 1. The van der Waals surface area contributed by atoms with Gasteiger partial charge in [-0.25, -0.2) is 0 Å². The number of benzene rings is 1. The Balaban J connectivity index is 2.07. The number of alkyl halides is 3. The fourth-order valence-electron chi connectivity index (χ4n) is 2.44. The molecule has 5 nitrogen and oxygen atoms in total. The summed E-state index contributed by atoms with van der Waals surface area (Å²) in [5.74, 6) is -0.542. The lowest BCUT2D eigenvalue weighted by Crippen LogP contribution is -2.55. The minimum atomic E-state index is -4.77. The van der Waals surface area contributed by atoms with E-state index in [0.717, 1.165) is 0 Å². The minimum Gasteiger partial charge on any atom is -0.405 e. The average molecular weight is 332 g/mol. The number of rotatable bonds is 4. The smallest absolute Gasteiger partial charge is 0.405 e. The Labute approximate surface area is 132 Å². The third-order valence-electron chi connectivity index (χ3n) is 3.56. The van der Waals surface area contributed by atoms with Gasteiger partial charge in [0, 0.05) is 25.7 Å². The van der Waals surface area contributed by atoms with Crippen molar-refractivity contribution in [2.75, 3.05) is 20.2 Å². The van der Waals surface area contributed by atoms with Crippen molar-refractivity contribution in [1.29, 1.82) is 0 Å². The lowest BCUT2D eigenvalue weighted by Gasteiger charge is -2.32. The lowest BCUT2D eigenvalue weighted by molar-refractivity contribution is -0.275. The Kier molecular flexibility index (Phi) is 5.48. The maximum absolute atomic E-state index is 12.4. The Morgan fingerprint density at radius 3 is 2.78 bits per heavy atom. The van der Waals surface area contributed by atoms with Crippen LogP contribution >= 0.6 is 0 Å². The highest BCUT2D eigenvalue weighted by Gasteiger charge is 2.33. The molecule has 0 saturated carbocycles. The Morgan fingerprint density at radius 1 is 1.43 bits per heavy atom. The van der Waals surface area contributed by atoms with Gasteiger partial charge in [0.25, 0.3) is 0 Å². The van der Waals surface area contributed by atoms with Crippen LogP contribution in [0.3, 0.4) is 0 Å². The van der Waals surface area contributed by atoms with E-state index in [1.165, 1.54) is 30.1 Å². The van der Waals surface area contributed by atoms with Crippen molar-refractivity contribution in [3.63, 3.8) is 0 Å². The van der Waals surface area contributed by atoms with E-state index in [2.05, 4.69) is 10.1 Å². The number of para-hydroxylation sites is 1. The predicted molar refractivity (Wildman–Crippen MR) is 76.8 cm³/mol. The van der Waals surface area contributed by atoms with Crippen molar-refractivity contribution in [3.05, 3.63) is 29.8 Å². The number of amides is 1. The zero-order valence-electron chi connectivity index (χ0n) is 12.9. The highest BCUT2D eigenvalue weighted by atomic mass is 19.4. The van der Waals surface area contributed by atoms with Gasteiger partial charge in [-0.1, -0.05) is 18.2 Å². The van der Waals surface area contributed by atoms with Crippen LogP contribution in [-0.4, -0.2) is 49.5 Å². The zero-order chi connectivity index (χ0) is 17.0. The normalized spacial score (nSPS) is 21.8. The van der Waals surface area contributed by atoms with Crippen molar-refractivity contribution in [2.24, 2.45) is 0 Å². The number of nitrogens with zero attached hydrogens (tertiary/aromatic N) is 1. The molecule has 0 aromatic heterocycles. The molecule has 2 atom stereocenters. The summed E-state index contributed by atoms with van der Waals surface area (Å²) < 4.78 is 46.7. The van der Waals surface area contributed by atoms with Crippen LogP contribution in [0.5, 0.6) is 5.75 Å². The lowest BCUT2D eigenvalue weighted by atomic mass is 10.1. The van der Waals surface area contributed by atoms with Gasteiger partial charge in [0.1, 0.15) is 11.8 Å². The van der Waals surface area contributed by atoms with Gasteiger partial charge in [-0.05, 0) is 13.0 Å². The van der Waals surface area contributed by atoms with Crippen molar-refractivity contribution < 1.29 is 27.4 Å². The number of hydrogen-bond donors (Lipinski definition) is 1. The molecule has 0 bridgehead atoms. The van der Waals surface area contributed by atoms with Crippen LogP contribution in [0, 0.1) is 0 Å². The fraction of sp³-hybridized carbons (Fsp3) is 0.533. The maximum atomic E-state index is 12.4. The number of ether oxygens (including phenoxy) is 2. The van der Waals surface area contributed by atoms with Gasteiger partial charge < -0.3 is 19.7 Å². The predicted octanol–water partition coefficient (Wildman–Crippen LogP) is 1.92. The van der Waals surface area contributed by atoms with Gasteiger partial charge in [0.15, 0.2) is 0 Å². The number of likely N-dealkylation sites (N-methyl/N-ethyl adjacent to an activating group) is 1. The molecule has 1 amide bonds. The molecule has 1 fully saturated rings. The second kappa shape index (κ2) is 7.18. The van der Waals surface area contributed by atoms with E-state index in [-0.39, 0.29) is 29.9 Å². The first-order valence-electron chi connectivity index (χ1n) is 7.21. The molecule has 0 radical (unpaired) electrons. The molecule has 8 heteroatoms. The second-order valence-electron chi connectivity index (χ2n) is 5.36. The molecular formula is C15H19F3N2O3. The molecule has 1 aliphatic heterocycles. The first-order valence-corrected chi connectivity index (χ1v) is 7.21. The summed E-state index contributed by atoms with van der Waals surface area (Å²) in [4.78, 5) is 13.8. The van der Waals surface area contributed by atoms with Crippen LogP contribution in [0.25, 0.3) is 0 Å². The van der Waals surface area contributed by atoms with E-state index in [4.69, 9.17) is 4.74 Å². The van der Waals surface area contributed by atoms with Crippen LogP contribution < -0.4 is 10.1 Å². The molecule has 23 heavy (non-hydrogen) atoms. The summed E-state index contributed by atoms with van der Waals surface area (Å²) >= 11 is 0. The van der Waals surface area contributed by atoms with Crippen LogP contribution in [-0.2, 0) is 16.1 Å². The van der Waals surface area contributed by atoms with Gasteiger partial charge in [-0.2, -0.15) is 0 Å². The van der Waals surface area contributed by atoms with Gasteiger partial charge in [-0.15, -0.1) is 13.2 Å². The van der Waals surface area contributed by atoms with Crippen molar-refractivity contribution in [2.45, 2.75) is 32.0 Å². The molecule has 1 aromatic rings. The molecule has 2 rings (SSSR count). The first-order chi connectivity index (χ1) is 10.8. The first kappa shape index (κ1) is 17.6. The largest absolute Gasteiger partial charge is 0.573 e. The van der Waals surface area contributed by atoms with Crippen LogP contribution in [0.4, 0.5) is 13.2 Å². The quantitative estimate of drug-likeness (QED) is 0.915. The third kappa shape index (κ3) is 4.84. The maximum Gasteiger partial charge on any atom is 0.573 e. The molecule has 128 valence electrons. The van der Waals surface area contributed by atoms with E-state index < -0.39 is 12.4 Å². The molecule has 1 saturated heterocycles. The van der Waals surface area contributed by atoms with Gasteiger partial charge in [0.05, 0.1) is 12.7 Å². The molecule has 1 N–H and O–H groups in total. The van der Waals surface area contributed by atoms with E-state index in [1.54, 1.807) is 13.0 Å². The molecule has 1 heterocycles. The molecular weight excluding hydrogens is 313 g/mol. The number of halogens is 3.